The number of carbonyl (C=O) groups is 1. The molecule has 6 heteroatoms. The molecule has 3 aromatic carbocycles. The fourth-order valence-electron chi connectivity index (χ4n) is 3.39. The highest BCUT2D eigenvalue weighted by Crippen LogP contribution is 2.39. The van der Waals surface area contributed by atoms with Gasteiger partial charge in [-0.3, -0.25) is 0 Å². The lowest BCUT2D eigenvalue weighted by Crippen LogP contribution is -2.25. The maximum atomic E-state index is 12.8. The van der Waals surface area contributed by atoms with E-state index in [1.165, 1.54) is 22.2 Å². The van der Waals surface area contributed by atoms with Crippen molar-refractivity contribution in [3.8, 4) is 4.90 Å². The number of ether oxygens (including phenoxy) is 1. The highest BCUT2D eigenvalue weighted by molar-refractivity contribution is 7.43. The van der Waals surface area contributed by atoms with Crippen molar-refractivity contribution in [2.75, 3.05) is 0 Å². The van der Waals surface area contributed by atoms with Crippen LogP contribution >= 0.6 is 10.5 Å². The topological polar surface area (TPSA) is 26.3 Å². The molecule has 0 N–H and O–H groups in total. The Morgan fingerprint density at radius 3 is 2.06 bits per heavy atom. The van der Waals surface area contributed by atoms with Crippen molar-refractivity contribution in [1.29, 1.82) is 0 Å². The van der Waals surface area contributed by atoms with Crippen molar-refractivity contribution in [1.82, 2.24) is 0 Å². The molecule has 31 heavy (non-hydrogen) atoms. The fraction of sp³-hybridized carbons (Fsp3) is 0.160. The van der Waals surface area contributed by atoms with Crippen LogP contribution in [0, 0.1) is 0 Å². The molecule has 0 amide bonds. The Morgan fingerprint density at radius 1 is 0.806 bits per heavy atom. The predicted octanol–water partition coefficient (Wildman–Crippen LogP) is 7.69. The second-order valence-corrected chi connectivity index (χ2v) is 9.54. The zero-order chi connectivity index (χ0) is 22.2. The molecule has 1 unspecified atom stereocenters. The first-order chi connectivity index (χ1) is 14.6. The normalized spacial score (nSPS) is 12.7. The fourth-order valence-corrected chi connectivity index (χ4v) is 5.27. The molecule has 2 nitrogen and oxygen atoms in total. The number of rotatable bonds is 4. The van der Waals surface area contributed by atoms with Crippen LogP contribution in [0.3, 0.4) is 0 Å². The van der Waals surface area contributed by atoms with E-state index in [9.17, 15) is 18.0 Å². The van der Waals surface area contributed by atoms with Crippen LogP contribution in [0.5, 0.6) is 0 Å². The Bertz CT molecular complexity index is 1220. The molecule has 1 atom stereocenters. The summed E-state index contributed by atoms with van der Waals surface area (Å²) in [5.41, 5.74) is -0.935. The molecule has 0 aliphatic heterocycles. The van der Waals surface area contributed by atoms with Gasteiger partial charge < -0.3 is 4.74 Å². The molecule has 0 aliphatic rings. The predicted molar refractivity (Wildman–Crippen MR) is 118 cm³/mol. The maximum Gasteiger partial charge on any atom is 0.416 e. The summed E-state index contributed by atoms with van der Waals surface area (Å²) in [5, 5.41) is 3.36. The van der Waals surface area contributed by atoms with Crippen LogP contribution in [0.2, 0.25) is 0 Å². The van der Waals surface area contributed by atoms with Gasteiger partial charge in [0.25, 0.3) is 0 Å². The van der Waals surface area contributed by atoms with Crippen molar-refractivity contribution < 1.29 is 22.7 Å². The molecule has 1 aromatic heterocycles. The third-order valence-electron chi connectivity index (χ3n) is 5.14. The van der Waals surface area contributed by atoms with Gasteiger partial charge in [-0.1, -0.05) is 24.3 Å². The molecule has 4 aromatic rings. The minimum absolute atomic E-state index is 0.170. The lowest BCUT2D eigenvalue weighted by Gasteiger charge is -2.26. The number of hydrogen-bond acceptors (Lipinski definition) is 2. The largest absolute Gasteiger partial charge is 0.451 e. The third kappa shape index (κ3) is 4.35. The van der Waals surface area contributed by atoms with Gasteiger partial charge in [-0.15, -0.1) is 0 Å². The zero-order valence-electron chi connectivity index (χ0n) is 16.9. The number of carbonyl (C=O) groups excluding carboxylic acids is 1. The highest BCUT2D eigenvalue weighted by atomic mass is 32.2. The van der Waals surface area contributed by atoms with Crippen LogP contribution in [0.4, 0.5) is 13.2 Å². The summed E-state index contributed by atoms with van der Waals surface area (Å²) in [6.07, 6.45) is -4.41. The highest BCUT2D eigenvalue weighted by Gasteiger charge is 2.32. The van der Waals surface area contributed by atoms with E-state index in [-0.39, 0.29) is 10.5 Å². The molecule has 4 rings (SSSR count). The van der Waals surface area contributed by atoms with Gasteiger partial charge in [0.2, 0.25) is 0 Å². The molecule has 0 radical (unpaired) electrons. The van der Waals surface area contributed by atoms with Gasteiger partial charge in [0, 0.05) is 21.9 Å². The first-order valence-electron chi connectivity index (χ1n) is 9.67. The standard InChI is InChI=1S/C25H20F3O2S/c1-24(2,19-9-11-20(12-10-19)25(26,27)28)30-23(29)18-7-13-21(14-8-18)31-16-15-17-5-3-4-6-22(17)31/h3-16H,1-2H3/q+1. The van der Waals surface area contributed by atoms with Gasteiger partial charge in [-0.05, 0) is 67.9 Å². The van der Waals surface area contributed by atoms with E-state index in [4.69, 9.17) is 4.74 Å². The summed E-state index contributed by atoms with van der Waals surface area (Å²) < 4.78 is 45.2. The average molecular weight is 441 g/mol. The first-order valence-corrected chi connectivity index (χ1v) is 11.0. The summed E-state index contributed by atoms with van der Waals surface area (Å²) >= 11 is 0. The Kier molecular flexibility index (Phi) is 5.35. The lowest BCUT2D eigenvalue weighted by atomic mass is 9.96. The van der Waals surface area contributed by atoms with Crippen LogP contribution in [0.1, 0.15) is 35.3 Å². The van der Waals surface area contributed by atoms with Crippen molar-refractivity contribution in [2.45, 2.75) is 25.6 Å². The molecule has 0 saturated carbocycles. The monoisotopic (exact) mass is 441 g/mol. The van der Waals surface area contributed by atoms with Crippen molar-refractivity contribution in [2.24, 2.45) is 0 Å². The number of hydrogen-bond donors (Lipinski definition) is 0. The van der Waals surface area contributed by atoms with E-state index in [2.05, 4.69) is 23.6 Å². The minimum Gasteiger partial charge on any atom is -0.451 e. The Balaban J connectivity index is 1.52. The maximum absolute atomic E-state index is 12.8. The summed E-state index contributed by atoms with van der Waals surface area (Å²) in [6, 6.07) is 22.2. The molecule has 0 aliphatic carbocycles. The van der Waals surface area contributed by atoms with E-state index in [1.54, 1.807) is 26.0 Å². The summed E-state index contributed by atoms with van der Waals surface area (Å²) in [6.45, 7) is 3.31. The van der Waals surface area contributed by atoms with Gasteiger partial charge in [0.1, 0.15) is 11.0 Å². The van der Waals surface area contributed by atoms with Crippen molar-refractivity contribution in [3.63, 3.8) is 0 Å². The van der Waals surface area contributed by atoms with Crippen LogP contribution in [-0.4, -0.2) is 5.97 Å². The number of esters is 1. The van der Waals surface area contributed by atoms with E-state index < -0.39 is 23.3 Å². The summed E-state index contributed by atoms with van der Waals surface area (Å²) in [7, 11) is -0.170. The Morgan fingerprint density at radius 2 is 1.42 bits per heavy atom. The van der Waals surface area contributed by atoms with Crippen molar-refractivity contribution in [3.05, 3.63) is 101 Å². The first kappa shape index (κ1) is 21.1. The van der Waals surface area contributed by atoms with E-state index in [1.807, 2.05) is 24.3 Å². The lowest BCUT2D eigenvalue weighted by molar-refractivity contribution is -0.137. The van der Waals surface area contributed by atoms with Gasteiger partial charge in [-0.2, -0.15) is 13.2 Å². The van der Waals surface area contributed by atoms with E-state index in [0.29, 0.717) is 11.1 Å². The van der Waals surface area contributed by atoms with Gasteiger partial charge in [0.05, 0.1) is 11.1 Å². The van der Waals surface area contributed by atoms with E-state index in [0.717, 1.165) is 17.0 Å². The van der Waals surface area contributed by atoms with Gasteiger partial charge in [0.15, 0.2) is 9.60 Å². The SMILES string of the molecule is CC(C)(OC(=O)c1ccc(-[s+]2ccc3ccccc32)cc1)c1ccc(C(F)(F)F)cc1. The van der Waals surface area contributed by atoms with Gasteiger partial charge >= 0.3 is 12.1 Å². The van der Waals surface area contributed by atoms with Crippen LogP contribution in [0.25, 0.3) is 15.0 Å². The second-order valence-electron chi connectivity index (χ2n) is 7.68. The van der Waals surface area contributed by atoms with Crippen LogP contribution in [0.15, 0.2) is 84.2 Å². The molecular weight excluding hydrogens is 421 g/mol. The quantitative estimate of drug-likeness (QED) is 0.240. The van der Waals surface area contributed by atoms with Crippen LogP contribution < -0.4 is 0 Å². The van der Waals surface area contributed by atoms with Crippen molar-refractivity contribution >= 4 is 26.5 Å². The number of thiophene rings is 1. The average Bonchev–Trinajstić information content (AvgIpc) is 3.17. The molecule has 0 bridgehead atoms. The molecule has 158 valence electrons. The molecule has 0 fully saturated rings. The molecule has 0 spiro atoms. The molecule has 1 heterocycles. The molecular formula is C25H20F3O2S+. The van der Waals surface area contributed by atoms with Gasteiger partial charge in [-0.25, -0.2) is 4.79 Å². The minimum atomic E-state index is -4.41. The summed E-state index contributed by atoms with van der Waals surface area (Å²) in [5.74, 6) is -0.526. The Hall–Kier alpha value is -3.12. The van der Waals surface area contributed by atoms with Crippen LogP contribution in [-0.2, 0) is 16.5 Å². The number of alkyl halides is 3. The zero-order valence-corrected chi connectivity index (χ0v) is 17.8. The third-order valence-corrected chi connectivity index (χ3v) is 7.17. The number of fused-ring (bicyclic) bond motifs is 1. The smallest absolute Gasteiger partial charge is 0.416 e. The number of benzene rings is 3. The Labute approximate surface area is 180 Å². The molecule has 0 saturated heterocycles. The second kappa shape index (κ2) is 7.85. The summed E-state index contributed by atoms with van der Waals surface area (Å²) in [4.78, 5) is 13.8. The number of halogens is 3. The van der Waals surface area contributed by atoms with E-state index >= 15 is 0 Å².